The third-order valence-corrected chi connectivity index (χ3v) is 11.4. The lowest BCUT2D eigenvalue weighted by Crippen LogP contribution is -2.69. The van der Waals surface area contributed by atoms with Crippen molar-refractivity contribution >= 4 is 17.7 Å². The number of ether oxygens (including phenoxy) is 9. The van der Waals surface area contributed by atoms with Crippen LogP contribution in [0.1, 0.15) is 20.8 Å². The number of aliphatic hydroxyl groups is 13. The van der Waals surface area contributed by atoms with E-state index < -0.39 is 198 Å². The summed E-state index contributed by atoms with van der Waals surface area (Å²) in [5.74, 6) is -1.98. The minimum Gasteiger partial charge on any atom is -0.394 e. The Labute approximate surface area is 364 Å². The molecule has 3 amide bonds. The first-order chi connectivity index (χ1) is 30.3. The summed E-state index contributed by atoms with van der Waals surface area (Å²) in [6.07, 6.45) is -36.6. The van der Waals surface area contributed by atoms with Gasteiger partial charge in [0.1, 0.15) is 116 Å². The third kappa shape index (κ3) is 11.8. The molecule has 5 heterocycles. The number of carbonyl (C=O) groups excluding carboxylic acids is 3. The normalized spacial score (nSPS) is 46.5. The van der Waals surface area contributed by atoms with Gasteiger partial charge in [-0.3, -0.25) is 14.4 Å². The molecule has 5 rings (SSSR count). The van der Waals surface area contributed by atoms with Crippen LogP contribution in [-0.4, -0.2) is 271 Å². The second-order valence-electron chi connectivity index (χ2n) is 16.1. The van der Waals surface area contributed by atoms with Crippen molar-refractivity contribution in [3.63, 3.8) is 0 Å². The standard InChI is InChI=1S/C36H61N3O25/c1-10(44)37-13-8-56-16(6-42)30(21(13)47)62-34-20(39-12(3)46)26(52)31(17(7-43)60-34)63-35-29(55)27(53)24(50)18(61-35)9-57-36-32(28(54)23(49)15(5-41)59-36)64-33-19(38-11(2)45)25(51)22(48)14(4-40)58-33/h13-36,40-43,47-55H,4-9H2,1-3H3,(H,37,44)(H,38,45)(H,39,46)/t13-,14+,15+,16+,17+,18+,19+,20+,21+,22+,23+,24+,25+,26+,27-,28-,29-,30+,31+,32-,33-,34-,35-,36-/m0/s1. The zero-order chi connectivity index (χ0) is 47.3. The second kappa shape index (κ2) is 23.0. The van der Waals surface area contributed by atoms with Crippen molar-refractivity contribution in [2.75, 3.05) is 39.6 Å². The number of amides is 3. The quantitative estimate of drug-likeness (QED) is 0.0683. The van der Waals surface area contributed by atoms with Gasteiger partial charge in [0.15, 0.2) is 25.2 Å². The van der Waals surface area contributed by atoms with E-state index in [1.807, 2.05) is 0 Å². The molecule has 28 heteroatoms. The fourth-order valence-electron chi connectivity index (χ4n) is 8.06. The number of nitrogens with one attached hydrogen (secondary N) is 3. The van der Waals surface area contributed by atoms with Gasteiger partial charge in [-0.25, -0.2) is 0 Å². The molecule has 0 spiro atoms. The molecule has 0 unspecified atom stereocenters. The first-order valence-electron chi connectivity index (χ1n) is 20.4. The van der Waals surface area contributed by atoms with E-state index in [0.29, 0.717) is 0 Å². The summed E-state index contributed by atoms with van der Waals surface area (Å²) in [4.78, 5) is 36.1. The van der Waals surface area contributed by atoms with Gasteiger partial charge < -0.3 is 125 Å². The lowest BCUT2D eigenvalue weighted by atomic mass is 9.94. The Morgan fingerprint density at radius 3 is 1.44 bits per heavy atom. The summed E-state index contributed by atoms with van der Waals surface area (Å²) >= 11 is 0. The molecule has 0 bridgehead atoms. The highest BCUT2D eigenvalue weighted by Gasteiger charge is 2.55. The highest BCUT2D eigenvalue weighted by atomic mass is 16.8. The molecule has 0 radical (unpaired) electrons. The molecule has 28 nitrogen and oxygen atoms in total. The molecule has 0 saturated carbocycles. The molecule has 5 fully saturated rings. The van der Waals surface area contributed by atoms with Crippen LogP contribution in [-0.2, 0) is 57.0 Å². The maximum absolute atomic E-state index is 12.4. The van der Waals surface area contributed by atoms with Crippen molar-refractivity contribution in [2.24, 2.45) is 0 Å². The zero-order valence-electron chi connectivity index (χ0n) is 34.8. The van der Waals surface area contributed by atoms with Crippen molar-refractivity contribution < 1.29 is 123 Å². The molecule has 0 aliphatic carbocycles. The van der Waals surface area contributed by atoms with Crippen LogP contribution in [0.25, 0.3) is 0 Å². The second-order valence-corrected chi connectivity index (χ2v) is 16.1. The van der Waals surface area contributed by atoms with Crippen molar-refractivity contribution in [2.45, 2.75) is 168 Å². The number of aliphatic hydroxyl groups excluding tert-OH is 13. The predicted molar refractivity (Wildman–Crippen MR) is 200 cm³/mol. The lowest BCUT2D eigenvalue weighted by Gasteiger charge is -2.49. The summed E-state index contributed by atoms with van der Waals surface area (Å²) < 4.78 is 51.8. The fourth-order valence-corrected chi connectivity index (χ4v) is 8.06. The maximum atomic E-state index is 12.4. The van der Waals surface area contributed by atoms with Gasteiger partial charge in [-0.1, -0.05) is 0 Å². The van der Waals surface area contributed by atoms with E-state index in [1.165, 1.54) is 6.92 Å². The number of rotatable bonds is 16. The molecule has 0 aromatic heterocycles. The maximum Gasteiger partial charge on any atom is 0.217 e. The molecule has 5 saturated heterocycles. The Morgan fingerprint density at radius 2 is 0.891 bits per heavy atom. The Balaban J connectivity index is 1.33. The Kier molecular flexibility index (Phi) is 18.9. The highest BCUT2D eigenvalue weighted by molar-refractivity contribution is 5.74. The van der Waals surface area contributed by atoms with Crippen molar-refractivity contribution in [3.05, 3.63) is 0 Å². The SMILES string of the molecule is CC(=O)N[C@H]1[C@H](O[C@H]2[C@H](O)[C@@H](NC(C)=O)CO[C@@H]2CO)O[C@H](CO)[C@@H](O[C@@H]2O[C@H](CO[C@H]3O[C@H](CO)[C@@H](O)[C@H](O)[C@@H]3O[C@@H]3O[C@H](CO)[C@@H](O)[C@H](O)[C@H]3NC(C)=O)[C@@H](O)[C@H](O)[C@@H]2O)[C@@H]1O. The van der Waals surface area contributed by atoms with Crippen LogP contribution in [0.2, 0.25) is 0 Å². The van der Waals surface area contributed by atoms with E-state index in [1.54, 1.807) is 0 Å². The summed E-state index contributed by atoms with van der Waals surface area (Å²) in [6.45, 7) is -1.02. The Morgan fingerprint density at radius 1 is 0.453 bits per heavy atom. The van der Waals surface area contributed by atoms with Gasteiger partial charge >= 0.3 is 0 Å². The molecule has 5 aliphatic rings. The molecular formula is C36H61N3O25. The van der Waals surface area contributed by atoms with Crippen molar-refractivity contribution in [3.8, 4) is 0 Å². The van der Waals surface area contributed by atoms with Crippen LogP contribution in [0.3, 0.4) is 0 Å². The number of carbonyl (C=O) groups is 3. The molecular weight excluding hydrogens is 874 g/mol. The molecule has 0 aromatic rings. The zero-order valence-corrected chi connectivity index (χ0v) is 34.8. The van der Waals surface area contributed by atoms with E-state index in [-0.39, 0.29) is 6.61 Å². The van der Waals surface area contributed by atoms with Crippen LogP contribution in [0.4, 0.5) is 0 Å². The van der Waals surface area contributed by atoms with Crippen molar-refractivity contribution in [1.29, 1.82) is 0 Å². The van der Waals surface area contributed by atoms with Gasteiger partial charge in [-0.2, -0.15) is 0 Å². The Bertz CT molecular complexity index is 1520. The van der Waals surface area contributed by atoms with E-state index >= 15 is 0 Å². The van der Waals surface area contributed by atoms with Crippen LogP contribution in [0.15, 0.2) is 0 Å². The van der Waals surface area contributed by atoms with Gasteiger partial charge in [0.2, 0.25) is 17.7 Å². The van der Waals surface area contributed by atoms with E-state index in [9.17, 15) is 80.8 Å². The predicted octanol–water partition coefficient (Wildman–Crippen LogP) is -10.8. The van der Waals surface area contributed by atoms with Gasteiger partial charge in [0, 0.05) is 20.8 Å². The van der Waals surface area contributed by atoms with E-state index in [4.69, 9.17) is 42.6 Å². The molecule has 370 valence electrons. The van der Waals surface area contributed by atoms with E-state index in [2.05, 4.69) is 16.0 Å². The van der Waals surface area contributed by atoms with Crippen LogP contribution in [0, 0.1) is 0 Å². The number of hydrogen-bond acceptors (Lipinski definition) is 25. The first kappa shape index (κ1) is 52.5. The summed E-state index contributed by atoms with van der Waals surface area (Å²) in [5.41, 5.74) is 0. The van der Waals surface area contributed by atoms with Crippen molar-refractivity contribution in [1.82, 2.24) is 16.0 Å². The average Bonchev–Trinajstić information content (AvgIpc) is 3.25. The minimum absolute atomic E-state index is 0.213. The average molecular weight is 936 g/mol. The van der Waals surface area contributed by atoms with Gasteiger partial charge in [-0.15, -0.1) is 0 Å². The summed E-state index contributed by atoms with van der Waals surface area (Å²) in [6, 6.07) is -4.12. The molecule has 5 aliphatic heterocycles. The molecule has 24 atom stereocenters. The highest BCUT2D eigenvalue weighted by Crippen LogP contribution is 2.34. The third-order valence-electron chi connectivity index (χ3n) is 11.4. The monoisotopic (exact) mass is 935 g/mol. The minimum atomic E-state index is -2.08. The van der Waals surface area contributed by atoms with Gasteiger partial charge in [0.05, 0.1) is 45.7 Å². The van der Waals surface area contributed by atoms with Gasteiger partial charge in [0.25, 0.3) is 0 Å². The molecule has 0 aromatic carbocycles. The lowest BCUT2D eigenvalue weighted by molar-refractivity contribution is -0.372. The van der Waals surface area contributed by atoms with E-state index in [0.717, 1.165) is 13.8 Å². The van der Waals surface area contributed by atoms with Gasteiger partial charge in [-0.05, 0) is 0 Å². The first-order valence-corrected chi connectivity index (χ1v) is 20.4. The topological polar surface area (TPSA) is 433 Å². The summed E-state index contributed by atoms with van der Waals surface area (Å²) in [5, 5.41) is 146. The molecule has 64 heavy (non-hydrogen) atoms. The van der Waals surface area contributed by atoms with Crippen LogP contribution in [0.5, 0.6) is 0 Å². The molecule has 16 N–H and O–H groups in total. The fraction of sp³-hybridized carbons (Fsp3) is 0.917. The van der Waals surface area contributed by atoms with Crippen LogP contribution < -0.4 is 16.0 Å². The number of hydrogen-bond donors (Lipinski definition) is 16. The van der Waals surface area contributed by atoms with Crippen LogP contribution >= 0.6 is 0 Å². The Hall–Kier alpha value is -2.47. The smallest absolute Gasteiger partial charge is 0.217 e. The summed E-state index contributed by atoms with van der Waals surface area (Å²) in [7, 11) is 0. The largest absolute Gasteiger partial charge is 0.394 e.